The first-order chi connectivity index (χ1) is 10.1. The molecule has 0 aromatic carbocycles. The van der Waals surface area contributed by atoms with E-state index in [0.29, 0.717) is 39.0 Å². The number of hydrogen-bond donors (Lipinski definition) is 4. The molecule has 0 rings (SSSR count). The molecule has 8 N–H and O–H groups in total. The second kappa shape index (κ2) is 12.9. The molecule has 21 heavy (non-hydrogen) atoms. The molecule has 0 aliphatic heterocycles. The molecule has 0 aliphatic rings. The van der Waals surface area contributed by atoms with Crippen LogP contribution in [0.2, 0.25) is 0 Å². The monoisotopic (exact) mass is 300 g/mol. The maximum Gasteiger partial charge on any atom is 0.138 e. The van der Waals surface area contributed by atoms with Crippen molar-refractivity contribution in [2.45, 2.75) is 44.9 Å². The highest BCUT2D eigenvalue weighted by Crippen LogP contribution is 2.11. The second-order valence-electron chi connectivity index (χ2n) is 5.54. The molecule has 0 unspecified atom stereocenters. The molecule has 124 valence electrons. The molecule has 0 saturated heterocycles. The van der Waals surface area contributed by atoms with E-state index in [1.807, 2.05) is 0 Å². The van der Waals surface area contributed by atoms with Gasteiger partial charge in [-0.2, -0.15) is 0 Å². The number of carbonyl (C=O) groups excluding carboxylic acids is 2. The molecule has 0 aromatic rings. The molecule has 0 spiro atoms. The molecule has 0 aromatic heterocycles. The van der Waals surface area contributed by atoms with Crippen molar-refractivity contribution >= 4 is 11.6 Å². The zero-order valence-electron chi connectivity index (χ0n) is 13.1. The Labute approximate surface area is 128 Å². The normalized spacial score (nSPS) is 11.3. The molecule has 0 atom stereocenters. The van der Waals surface area contributed by atoms with E-state index >= 15 is 0 Å². The Morgan fingerprint density at radius 3 is 1.14 bits per heavy atom. The summed E-state index contributed by atoms with van der Waals surface area (Å²) in [6.45, 7) is 1.34. The molecule has 0 heterocycles. The zero-order chi connectivity index (χ0) is 16.1. The predicted molar refractivity (Wildman–Crippen MR) is 85.5 cm³/mol. The third kappa shape index (κ3) is 8.93. The van der Waals surface area contributed by atoms with Crippen molar-refractivity contribution in [3.05, 3.63) is 0 Å². The molecular weight excluding hydrogens is 268 g/mol. The Kier molecular flexibility index (Phi) is 12.4. The van der Waals surface area contributed by atoms with E-state index in [-0.39, 0.29) is 23.4 Å². The van der Waals surface area contributed by atoms with Gasteiger partial charge in [-0.1, -0.05) is 19.3 Å². The number of hydrogen-bond acceptors (Lipinski definition) is 6. The van der Waals surface area contributed by atoms with Crippen LogP contribution in [0.4, 0.5) is 0 Å². The summed E-state index contributed by atoms with van der Waals surface area (Å²) in [7, 11) is 0. The summed E-state index contributed by atoms with van der Waals surface area (Å²) >= 11 is 0. The number of ketones is 2. The van der Waals surface area contributed by atoms with Gasteiger partial charge < -0.3 is 22.9 Å². The summed E-state index contributed by atoms with van der Waals surface area (Å²) < 4.78 is 0. The van der Waals surface area contributed by atoms with Gasteiger partial charge in [0.2, 0.25) is 0 Å². The van der Waals surface area contributed by atoms with Gasteiger partial charge in [0.25, 0.3) is 0 Å². The van der Waals surface area contributed by atoms with Gasteiger partial charge in [0, 0.05) is 50.9 Å². The molecule has 0 radical (unpaired) electrons. The standard InChI is InChI=1S/C15H32N4O2/c16-8-12(9-17)14(20)6-4-2-1-3-5-7-15(21)13(10-18)11-19/h12-13H,1-11,16-19H2. The van der Waals surface area contributed by atoms with E-state index < -0.39 is 0 Å². The van der Waals surface area contributed by atoms with Crippen LogP contribution in [0.1, 0.15) is 44.9 Å². The smallest absolute Gasteiger partial charge is 0.138 e. The van der Waals surface area contributed by atoms with E-state index in [2.05, 4.69) is 0 Å². The number of nitrogens with two attached hydrogens (primary N) is 4. The van der Waals surface area contributed by atoms with Crippen LogP contribution < -0.4 is 22.9 Å². The summed E-state index contributed by atoms with van der Waals surface area (Å²) in [4.78, 5) is 23.4. The third-order valence-corrected chi connectivity index (χ3v) is 3.90. The minimum atomic E-state index is -0.188. The van der Waals surface area contributed by atoms with Gasteiger partial charge in [0.1, 0.15) is 11.6 Å². The molecule has 0 saturated carbocycles. The Bertz CT molecular complexity index is 261. The lowest BCUT2D eigenvalue weighted by Gasteiger charge is -2.11. The lowest BCUT2D eigenvalue weighted by atomic mass is 9.97. The van der Waals surface area contributed by atoms with Crippen LogP contribution in [0.15, 0.2) is 0 Å². The first-order valence-electron chi connectivity index (χ1n) is 7.96. The quantitative estimate of drug-likeness (QED) is 0.331. The highest BCUT2D eigenvalue weighted by atomic mass is 16.1. The van der Waals surface area contributed by atoms with Crippen LogP contribution in [-0.2, 0) is 9.59 Å². The van der Waals surface area contributed by atoms with Crippen LogP contribution in [0, 0.1) is 11.8 Å². The second-order valence-corrected chi connectivity index (χ2v) is 5.54. The molecule has 0 aliphatic carbocycles. The van der Waals surface area contributed by atoms with Crippen LogP contribution in [0.5, 0.6) is 0 Å². The summed E-state index contributed by atoms with van der Waals surface area (Å²) in [5.41, 5.74) is 21.9. The molecule has 0 bridgehead atoms. The van der Waals surface area contributed by atoms with E-state index in [9.17, 15) is 9.59 Å². The lowest BCUT2D eigenvalue weighted by Crippen LogP contribution is -2.30. The Balaban J connectivity index is 3.57. The number of rotatable bonds is 14. The Hall–Kier alpha value is -0.820. The minimum Gasteiger partial charge on any atom is -0.330 e. The largest absolute Gasteiger partial charge is 0.330 e. The van der Waals surface area contributed by atoms with Crippen molar-refractivity contribution < 1.29 is 9.59 Å². The van der Waals surface area contributed by atoms with Crippen molar-refractivity contribution in [3.8, 4) is 0 Å². The van der Waals surface area contributed by atoms with Gasteiger partial charge in [-0.25, -0.2) is 0 Å². The first kappa shape index (κ1) is 20.2. The Morgan fingerprint density at radius 1 is 0.571 bits per heavy atom. The highest BCUT2D eigenvalue weighted by molar-refractivity contribution is 5.81. The van der Waals surface area contributed by atoms with Crippen molar-refractivity contribution in [1.82, 2.24) is 0 Å². The molecule has 6 nitrogen and oxygen atoms in total. The highest BCUT2D eigenvalue weighted by Gasteiger charge is 2.15. The van der Waals surface area contributed by atoms with Gasteiger partial charge in [0.15, 0.2) is 0 Å². The van der Waals surface area contributed by atoms with Crippen LogP contribution in [0.3, 0.4) is 0 Å². The van der Waals surface area contributed by atoms with Gasteiger partial charge in [-0.15, -0.1) is 0 Å². The van der Waals surface area contributed by atoms with Crippen molar-refractivity contribution in [2.75, 3.05) is 26.2 Å². The van der Waals surface area contributed by atoms with Crippen molar-refractivity contribution in [3.63, 3.8) is 0 Å². The maximum absolute atomic E-state index is 11.7. The van der Waals surface area contributed by atoms with E-state index in [0.717, 1.165) is 32.1 Å². The molecule has 6 heteroatoms. The van der Waals surface area contributed by atoms with E-state index in [4.69, 9.17) is 22.9 Å². The average molecular weight is 300 g/mol. The van der Waals surface area contributed by atoms with Crippen molar-refractivity contribution in [2.24, 2.45) is 34.8 Å². The molecule has 0 amide bonds. The summed E-state index contributed by atoms with van der Waals surface area (Å²) in [5, 5.41) is 0. The van der Waals surface area contributed by atoms with Gasteiger partial charge >= 0.3 is 0 Å². The summed E-state index contributed by atoms with van der Waals surface area (Å²) in [6.07, 6.45) is 5.89. The average Bonchev–Trinajstić information content (AvgIpc) is 2.48. The summed E-state index contributed by atoms with van der Waals surface area (Å²) in [5.74, 6) is -0.0352. The van der Waals surface area contributed by atoms with Crippen LogP contribution in [-0.4, -0.2) is 37.7 Å². The molecule has 0 fully saturated rings. The van der Waals surface area contributed by atoms with Gasteiger partial charge in [-0.05, 0) is 12.8 Å². The minimum absolute atomic E-state index is 0.170. The van der Waals surface area contributed by atoms with Crippen LogP contribution >= 0.6 is 0 Å². The van der Waals surface area contributed by atoms with Gasteiger partial charge in [0.05, 0.1) is 0 Å². The number of unbranched alkanes of at least 4 members (excludes halogenated alkanes) is 4. The topological polar surface area (TPSA) is 138 Å². The number of Topliss-reactive ketones (excluding diaryl/α,β-unsaturated/α-hetero) is 2. The van der Waals surface area contributed by atoms with Gasteiger partial charge in [-0.3, -0.25) is 9.59 Å². The first-order valence-corrected chi connectivity index (χ1v) is 7.96. The lowest BCUT2D eigenvalue weighted by molar-refractivity contribution is -0.123. The SMILES string of the molecule is NCC(CN)C(=O)CCCCCCCC(=O)C(CN)CN. The fourth-order valence-electron chi connectivity index (χ4n) is 2.26. The predicted octanol–water partition coefficient (Wildman–Crippen LogP) is -0.0775. The van der Waals surface area contributed by atoms with E-state index in [1.165, 1.54) is 0 Å². The zero-order valence-corrected chi connectivity index (χ0v) is 13.1. The summed E-state index contributed by atoms with van der Waals surface area (Å²) in [6, 6.07) is 0. The maximum atomic E-state index is 11.7. The van der Waals surface area contributed by atoms with Crippen molar-refractivity contribution in [1.29, 1.82) is 0 Å². The fourth-order valence-corrected chi connectivity index (χ4v) is 2.26. The third-order valence-electron chi connectivity index (χ3n) is 3.90. The van der Waals surface area contributed by atoms with E-state index in [1.54, 1.807) is 0 Å². The van der Waals surface area contributed by atoms with Crippen LogP contribution in [0.25, 0.3) is 0 Å². The number of carbonyl (C=O) groups is 2. The Morgan fingerprint density at radius 2 is 0.857 bits per heavy atom. The molecular formula is C15H32N4O2. The fraction of sp³-hybridized carbons (Fsp3) is 0.867.